The van der Waals surface area contributed by atoms with Crippen LogP contribution in [0.2, 0.25) is 0 Å². The molecule has 8 heteroatoms. The Morgan fingerprint density at radius 1 is 1.31 bits per heavy atom. The molecule has 3 rings (SSSR count). The summed E-state index contributed by atoms with van der Waals surface area (Å²) in [6.07, 6.45) is 0.967. The zero-order valence-corrected chi connectivity index (χ0v) is 17.3. The van der Waals surface area contributed by atoms with Crippen LogP contribution in [0, 0.1) is 13.8 Å². The van der Waals surface area contributed by atoms with Gasteiger partial charge >= 0.3 is 5.63 Å². The molecule has 2 aromatic heterocycles. The number of aromatic nitrogens is 2. The van der Waals surface area contributed by atoms with Crippen LogP contribution in [-0.4, -0.2) is 34.1 Å². The Kier molecular flexibility index (Phi) is 6.00. The summed E-state index contributed by atoms with van der Waals surface area (Å²) in [6, 6.07) is 5.21. The van der Waals surface area contributed by atoms with Gasteiger partial charge in [-0.2, -0.15) is 4.98 Å². The van der Waals surface area contributed by atoms with E-state index in [2.05, 4.69) is 17.1 Å². The number of rotatable bonds is 7. The smallest absolute Gasteiger partial charge is 0.336 e. The minimum Gasteiger partial charge on any atom is -0.480 e. The zero-order valence-electron chi connectivity index (χ0n) is 17.3. The average molecular weight is 399 g/mol. The van der Waals surface area contributed by atoms with Gasteiger partial charge in [0.15, 0.2) is 11.9 Å². The van der Waals surface area contributed by atoms with Gasteiger partial charge in [-0.3, -0.25) is 4.79 Å². The fourth-order valence-corrected chi connectivity index (χ4v) is 3.25. The molecule has 8 nitrogen and oxygen atoms in total. The molecule has 1 unspecified atom stereocenters. The van der Waals surface area contributed by atoms with E-state index in [0.29, 0.717) is 28.6 Å². The maximum atomic E-state index is 12.7. The molecule has 0 bridgehead atoms. The lowest BCUT2D eigenvalue weighted by Gasteiger charge is -2.22. The standard InChI is InChI=1S/C21H25N3O5/c1-6-7-15-10-19(25)28-20-12(2)17(9-8-16(15)20)27-13(3)21(26)24(5)11-18-22-14(4)23-29-18/h8-10,13H,6-7,11H2,1-5H3. The van der Waals surface area contributed by atoms with E-state index in [4.69, 9.17) is 13.7 Å². The summed E-state index contributed by atoms with van der Waals surface area (Å²) < 4.78 is 16.4. The minimum absolute atomic E-state index is 0.194. The van der Waals surface area contributed by atoms with Crippen LogP contribution in [-0.2, 0) is 17.8 Å². The number of benzene rings is 1. The Hall–Kier alpha value is -3.16. The molecule has 1 aromatic carbocycles. The molecule has 0 fully saturated rings. The highest BCUT2D eigenvalue weighted by molar-refractivity contribution is 5.85. The van der Waals surface area contributed by atoms with Crippen LogP contribution in [0.3, 0.4) is 0 Å². The molecule has 29 heavy (non-hydrogen) atoms. The molecular weight excluding hydrogens is 374 g/mol. The highest BCUT2D eigenvalue weighted by atomic mass is 16.5. The minimum atomic E-state index is -0.745. The van der Waals surface area contributed by atoms with Gasteiger partial charge in [-0.05, 0) is 44.9 Å². The van der Waals surface area contributed by atoms with Crippen LogP contribution in [0.1, 0.15) is 43.1 Å². The molecule has 0 aliphatic carbocycles. The molecule has 1 amide bonds. The van der Waals surface area contributed by atoms with Gasteiger partial charge in [-0.25, -0.2) is 4.79 Å². The van der Waals surface area contributed by atoms with Crippen LogP contribution < -0.4 is 10.4 Å². The first-order valence-electron chi connectivity index (χ1n) is 9.57. The maximum absolute atomic E-state index is 12.7. The van der Waals surface area contributed by atoms with Crippen LogP contribution in [0.4, 0.5) is 0 Å². The van der Waals surface area contributed by atoms with Gasteiger partial charge in [-0.15, -0.1) is 0 Å². The van der Waals surface area contributed by atoms with Crippen LogP contribution >= 0.6 is 0 Å². The summed E-state index contributed by atoms with van der Waals surface area (Å²) in [7, 11) is 1.64. The van der Waals surface area contributed by atoms with E-state index in [1.807, 2.05) is 19.1 Å². The zero-order chi connectivity index (χ0) is 21.1. The Bertz CT molecular complexity index is 1090. The first-order valence-corrected chi connectivity index (χ1v) is 9.57. The predicted molar refractivity (Wildman–Crippen MR) is 107 cm³/mol. The Morgan fingerprint density at radius 2 is 2.07 bits per heavy atom. The van der Waals surface area contributed by atoms with E-state index in [9.17, 15) is 9.59 Å². The van der Waals surface area contributed by atoms with Gasteiger partial charge in [0.1, 0.15) is 11.3 Å². The van der Waals surface area contributed by atoms with Crippen molar-refractivity contribution in [2.45, 2.75) is 53.2 Å². The fourth-order valence-electron chi connectivity index (χ4n) is 3.25. The Labute approximate surface area is 168 Å². The SMILES string of the molecule is CCCc1cc(=O)oc2c(C)c(OC(C)C(=O)N(C)Cc3nc(C)no3)ccc12. The lowest BCUT2D eigenvalue weighted by Crippen LogP contribution is -2.37. The van der Waals surface area contributed by atoms with Crippen molar-refractivity contribution in [2.24, 2.45) is 0 Å². The molecule has 0 radical (unpaired) electrons. The van der Waals surface area contributed by atoms with Gasteiger partial charge in [0.25, 0.3) is 5.91 Å². The van der Waals surface area contributed by atoms with Crippen molar-refractivity contribution in [2.75, 3.05) is 7.05 Å². The van der Waals surface area contributed by atoms with Gasteiger partial charge in [0.05, 0.1) is 6.54 Å². The number of hydrogen-bond acceptors (Lipinski definition) is 7. The quantitative estimate of drug-likeness (QED) is 0.563. The van der Waals surface area contributed by atoms with E-state index in [0.717, 1.165) is 23.8 Å². The van der Waals surface area contributed by atoms with Crippen molar-refractivity contribution in [1.82, 2.24) is 15.0 Å². The molecule has 0 saturated carbocycles. The largest absolute Gasteiger partial charge is 0.480 e. The van der Waals surface area contributed by atoms with Crippen LogP contribution in [0.5, 0.6) is 5.75 Å². The van der Waals surface area contributed by atoms with E-state index < -0.39 is 6.10 Å². The number of likely N-dealkylation sites (N-methyl/N-ethyl adjacent to an activating group) is 1. The summed E-state index contributed by atoms with van der Waals surface area (Å²) >= 11 is 0. The first-order chi connectivity index (χ1) is 13.8. The van der Waals surface area contributed by atoms with Gasteiger partial charge in [-0.1, -0.05) is 18.5 Å². The maximum Gasteiger partial charge on any atom is 0.336 e. The molecule has 2 heterocycles. The van der Waals surface area contributed by atoms with E-state index in [-0.39, 0.29) is 18.1 Å². The molecule has 0 spiro atoms. The van der Waals surface area contributed by atoms with Gasteiger partial charge in [0.2, 0.25) is 5.89 Å². The summed E-state index contributed by atoms with van der Waals surface area (Å²) in [5.41, 5.74) is 1.74. The number of aryl methyl sites for hydroxylation is 3. The normalized spacial score (nSPS) is 12.2. The second-order valence-electron chi connectivity index (χ2n) is 7.10. The third-order valence-corrected chi connectivity index (χ3v) is 4.69. The number of nitrogens with zero attached hydrogens (tertiary/aromatic N) is 3. The number of carbonyl (C=O) groups excluding carboxylic acids is 1. The predicted octanol–water partition coefficient (Wildman–Crippen LogP) is 3.17. The van der Waals surface area contributed by atoms with E-state index in [1.165, 1.54) is 11.0 Å². The van der Waals surface area contributed by atoms with Crippen LogP contribution in [0.15, 0.2) is 31.9 Å². The topological polar surface area (TPSA) is 98.7 Å². The molecular formula is C21H25N3O5. The lowest BCUT2D eigenvalue weighted by atomic mass is 10.0. The highest BCUT2D eigenvalue weighted by Crippen LogP contribution is 2.29. The first kappa shape index (κ1) is 20.6. The third kappa shape index (κ3) is 4.47. The average Bonchev–Trinajstić information content (AvgIpc) is 3.08. The number of ether oxygens (including phenoxy) is 1. The number of fused-ring (bicyclic) bond motifs is 1. The van der Waals surface area contributed by atoms with Crippen molar-refractivity contribution < 1.29 is 18.5 Å². The summed E-state index contributed by atoms with van der Waals surface area (Å²) in [4.78, 5) is 30.2. The van der Waals surface area contributed by atoms with Crippen LogP contribution in [0.25, 0.3) is 11.0 Å². The Balaban J connectivity index is 1.80. The van der Waals surface area contributed by atoms with Crippen molar-refractivity contribution in [1.29, 1.82) is 0 Å². The molecule has 0 N–H and O–H groups in total. The van der Waals surface area contributed by atoms with Crippen molar-refractivity contribution >= 4 is 16.9 Å². The summed E-state index contributed by atoms with van der Waals surface area (Å²) in [5.74, 6) is 1.14. The van der Waals surface area contributed by atoms with E-state index >= 15 is 0 Å². The number of carbonyl (C=O) groups is 1. The van der Waals surface area contributed by atoms with Crippen molar-refractivity contribution in [3.63, 3.8) is 0 Å². The molecule has 0 saturated heterocycles. The Morgan fingerprint density at radius 3 is 2.72 bits per heavy atom. The summed E-state index contributed by atoms with van der Waals surface area (Å²) in [5, 5.41) is 4.61. The third-order valence-electron chi connectivity index (χ3n) is 4.69. The molecule has 0 aliphatic rings. The van der Waals surface area contributed by atoms with Gasteiger partial charge in [0, 0.05) is 24.1 Å². The molecule has 0 aliphatic heterocycles. The monoisotopic (exact) mass is 399 g/mol. The lowest BCUT2D eigenvalue weighted by molar-refractivity contribution is -0.137. The summed E-state index contributed by atoms with van der Waals surface area (Å²) in [6.45, 7) is 7.46. The fraction of sp³-hybridized carbons (Fsp3) is 0.429. The second-order valence-corrected chi connectivity index (χ2v) is 7.10. The van der Waals surface area contributed by atoms with Crippen molar-refractivity contribution in [3.8, 4) is 5.75 Å². The van der Waals surface area contributed by atoms with Gasteiger partial charge < -0.3 is 18.6 Å². The second kappa shape index (κ2) is 8.46. The molecule has 154 valence electrons. The molecule has 3 aromatic rings. The van der Waals surface area contributed by atoms with E-state index in [1.54, 1.807) is 20.9 Å². The highest BCUT2D eigenvalue weighted by Gasteiger charge is 2.22. The number of amides is 1. The number of hydrogen-bond donors (Lipinski definition) is 0. The molecule has 1 atom stereocenters. The van der Waals surface area contributed by atoms with Crippen molar-refractivity contribution in [3.05, 3.63) is 51.5 Å².